The molecule has 1 fully saturated rings. The van der Waals surface area contributed by atoms with Crippen molar-refractivity contribution in [1.82, 2.24) is 14.6 Å². The van der Waals surface area contributed by atoms with Crippen molar-refractivity contribution in [3.8, 4) is 0 Å². The van der Waals surface area contributed by atoms with E-state index in [-0.39, 0.29) is 10.8 Å². The van der Waals surface area contributed by atoms with E-state index in [1.807, 2.05) is 36.4 Å². The molecule has 3 aromatic rings. The zero-order valence-electron chi connectivity index (χ0n) is 15.6. The third-order valence-electron chi connectivity index (χ3n) is 5.66. The van der Waals surface area contributed by atoms with Gasteiger partial charge >= 0.3 is 0 Å². The Morgan fingerprint density at radius 2 is 1.72 bits per heavy atom. The van der Waals surface area contributed by atoms with Crippen molar-refractivity contribution in [2.24, 2.45) is 0 Å². The molecule has 2 aliphatic rings. The molecular weight excluding hydrogens is 388 g/mol. The van der Waals surface area contributed by atoms with Crippen LogP contribution in [0, 0.1) is 0 Å². The number of likely N-dealkylation sites (tertiary alicyclic amines) is 1. The number of pyridine rings is 1. The minimum atomic E-state index is -3.60. The molecule has 1 saturated heterocycles. The fourth-order valence-corrected chi connectivity index (χ4v) is 5.70. The second-order valence-electron chi connectivity index (χ2n) is 7.48. The number of para-hydroxylation sites is 1. The van der Waals surface area contributed by atoms with E-state index in [4.69, 9.17) is 0 Å². The zero-order valence-corrected chi connectivity index (χ0v) is 16.4. The van der Waals surface area contributed by atoms with Crippen LogP contribution in [0.3, 0.4) is 0 Å². The smallest absolute Gasteiger partial charge is 0.273 e. The van der Waals surface area contributed by atoms with Gasteiger partial charge in [-0.25, -0.2) is 8.42 Å². The summed E-state index contributed by atoms with van der Waals surface area (Å²) in [6.07, 6.45) is 2.59. The summed E-state index contributed by atoms with van der Waals surface area (Å²) in [6, 6.07) is 16.4. The molecule has 1 amide bonds. The van der Waals surface area contributed by atoms with Crippen LogP contribution < -0.4 is 10.0 Å². The van der Waals surface area contributed by atoms with Crippen LogP contribution in [-0.2, 0) is 10.0 Å². The maximum atomic E-state index is 13.1. The van der Waals surface area contributed by atoms with E-state index in [9.17, 15) is 13.2 Å². The average molecular weight is 408 g/mol. The standard InChI is InChI=1S/C21H20N4O3S/c26-20(19-16-6-2-1-5-15(16)9-12-22-19)25-13-10-21(11-14-25)23-17-7-3-4-8-18(17)29(27,28)24-21/h1-9,12,23-24H,10-11,13-14H2. The average Bonchev–Trinajstić information content (AvgIpc) is 2.73. The highest BCUT2D eigenvalue weighted by atomic mass is 32.2. The van der Waals surface area contributed by atoms with Gasteiger partial charge in [-0.15, -0.1) is 0 Å². The van der Waals surface area contributed by atoms with Gasteiger partial charge in [0.05, 0.1) is 5.69 Å². The monoisotopic (exact) mass is 408 g/mol. The highest BCUT2D eigenvalue weighted by molar-refractivity contribution is 7.89. The second-order valence-corrected chi connectivity index (χ2v) is 9.13. The number of fused-ring (bicyclic) bond motifs is 2. The Bertz CT molecular complexity index is 1210. The van der Waals surface area contributed by atoms with Crippen molar-refractivity contribution in [2.45, 2.75) is 23.4 Å². The number of nitrogens with zero attached hydrogens (tertiary/aromatic N) is 2. The van der Waals surface area contributed by atoms with Gasteiger partial charge in [0.2, 0.25) is 10.0 Å². The number of sulfonamides is 1. The summed E-state index contributed by atoms with van der Waals surface area (Å²) in [5, 5.41) is 5.15. The molecule has 7 nitrogen and oxygen atoms in total. The van der Waals surface area contributed by atoms with Crippen molar-refractivity contribution in [3.63, 3.8) is 0 Å². The molecule has 148 valence electrons. The third-order valence-corrected chi connectivity index (χ3v) is 7.26. The summed E-state index contributed by atoms with van der Waals surface area (Å²) in [7, 11) is -3.60. The Balaban J connectivity index is 1.39. The number of hydrogen-bond donors (Lipinski definition) is 2. The first-order valence-corrected chi connectivity index (χ1v) is 11.0. The number of hydrogen-bond acceptors (Lipinski definition) is 5. The molecule has 1 spiro atoms. The largest absolute Gasteiger partial charge is 0.365 e. The van der Waals surface area contributed by atoms with Gasteiger partial charge in [0.1, 0.15) is 16.3 Å². The topological polar surface area (TPSA) is 91.4 Å². The van der Waals surface area contributed by atoms with Crippen LogP contribution in [0.4, 0.5) is 5.69 Å². The molecule has 0 saturated carbocycles. The van der Waals surface area contributed by atoms with Crippen LogP contribution in [0.5, 0.6) is 0 Å². The van der Waals surface area contributed by atoms with Crippen LogP contribution in [-0.4, -0.2) is 43.0 Å². The molecule has 0 atom stereocenters. The molecule has 0 radical (unpaired) electrons. The number of piperidine rings is 1. The molecular formula is C21H20N4O3S. The first-order valence-electron chi connectivity index (χ1n) is 9.52. The van der Waals surface area contributed by atoms with E-state index in [1.165, 1.54) is 0 Å². The lowest BCUT2D eigenvalue weighted by atomic mass is 9.96. The Morgan fingerprint density at radius 1 is 1.00 bits per heavy atom. The van der Waals surface area contributed by atoms with Gasteiger partial charge in [-0.2, -0.15) is 4.72 Å². The predicted molar refractivity (Wildman–Crippen MR) is 110 cm³/mol. The van der Waals surface area contributed by atoms with E-state index in [0.717, 1.165) is 10.8 Å². The summed E-state index contributed by atoms with van der Waals surface area (Å²) < 4.78 is 28.2. The van der Waals surface area contributed by atoms with Gasteiger partial charge in [-0.05, 0) is 23.6 Å². The normalized spacial score (nSPS) is 19.5. The second kappa shape index (κ2) is 6.53. The van der Waals surface area contributed by atoms with Crippen molar-refractivity contribution < 1.29 is 13.2 Å². The highest BCUT2D eigenvalue weighted by Gasteiger charge is 2.43. The first-order chi connectivity index (χ1) is 14.0. The Hall–Kier alpha value is -2.97. The first kappa shape index (κ1) is 18.1. The molecule has 0 aliphatic carbocycles. The Morgan fingerprint density at radius 3 is 2.55 bits per heavy atom. The summed E-state index contributed by atoms with van der Waals surface area (Å²) >= 11 is 0. The van der Waals surface area contributed by atoms with Gasteiger partial charge in [-0.3, -0.25) is 9.78 Å². The number of anilines is 1. The SMILES string of the molecule is O=C(c1nccc2ccccc12)N1CCC2(CC1)Nc1ccccc1S(=O)(=O)N2. The van der Waals surface area contributed by atoms with Crippen LogP contribution in [0.2, 0.25) is 0 Å². The molecule has 8 heteroatoms. The summed E-state index contributed by atoms with van der Waals surface area (Å²) in [5.41, 5.74) is 0.249. The third kappa shape index (κ3) is 3.04. The number of amides is 1. The minimum absolute atomic E-state index is 0.129. The number of benzene rings is 2. The van der Waals surface area contributed by atoms with E-state index < -0.39 is 15.7 Å². The predicted octanol–water partition coefficient (Wildman–Crippen LogP) is 2.57. The van der Waals surface area contributed by atoms with E-state index >= 15 is 0 Å². The number of rotatable bonds is 1. The lowest BCUT2D eigenvalue weighted by Gasteiger charge is -2.45. The van der Waals surface area contributed by atoms with Gasteiger partial charge in [0, 0.05) is 37.5 Å². The molecule has 3 heterocycles. The fourth-order valence-electron chi connectivity index (χ4n) is 4.16. The molecule has 0 unspecified atom stereocenters. The highest BCUT2D eigenvalue weighted by Crippen LogP contribution is 2.35. The Kier molecular flexibility index (Phi) is 4.07. The molecule has 29 heavy (non-hydrogen) atoms. The van der Waals surface area contributed by atoms with Crippen LogP contribution >= 0.6 is 0 Å². The van der Waals surface area contributed by atoms with Gasteiger partial charge in [0.15, 0.2) is 0 Å². The maximum Gasteiger partial charge on any atom is 0.273 e. The number of carbonyl (C=O) groups excluding carboxylic acids is 1. The van der Waals surface area contributed by atoms with Crippen molar-refractivity contribution in [3.05, 3.63) is 66.5 Å². The van der Waals surface area contributed by atoms with Crippen LogP contribution in [0.25, 0.3) is 10.8 Å². The zero-order chi connectivity index (χ0) is 20.1. The van der Waals surface area contributed by atoms with Crippen molar-refractivity contribution in [1.29, 1.82) is 0 Å². The van der Waals surface area contributed by atoms with Gasteiger partial charge < -0.3 is 10.2 Å². The fraction of sp³-hybridized carbons (Fsp3) is 0.238. The quantitative estimate of drug-likeness (QED) is 0.646. The molecule has 1 aromatic heterocycles. The van der Waals surface area contributed by atoms with Crippen molar-refractivity contribution in [2.75, 3.05) is 18.4 Å². The maximum absolute atomic E-state index is 13.1. The van der Waals surface area contributed by atoms with Gasteiger partial charge in [-0.1, -0.05) is 36.4 Å². The van der Waals surface area contributed by atoms with E-state index in [2.05, 4.69) is 15.0 Å². The summed E-state index contributed by atoms with van der Waals surface area (Å²) in [5.74, 6) is -0.129. The van der Waals surface area contributed by atoms with E-state index in [1.54, 1.807) is 29.3 Å². The minimum Gasteiger partial charge on any atom is -0.365 e. The summed E-state index contributed by atoms with van der Waals surface area (Å²) in [6.45, 7) is 0.864. The van der Waals surface area contributed by atoms with Gasteiger partial charge in [0.25, 0.3) is 5.91 Å². The number of carbonyl (C=O) groups is 1. The molecule has 2 aromatic carbocycles. The summed E-state index contributed by atoms with van der Waals surface area (Å²) in [4.78, 5) is 19.4. The lowest BCUT2D eigenvalue weighted by molar-refractivity contribution is 0.0672. The van der Waals surface area contributed by atoms with Crippen molar-refractivity contribution >= 4 is 32.4 Å². The molecule has 2 aliphatic heterocycles. The van der Waals surface area contributed by atoms with Crippen LogP contribution in [0.1, 0.15) is 23.3 Å². The van der Waals surface area contributed by atoms with Crippen LogP contribution in [0.15, 0.2) is 65.7 Å². The Labute approximate surface area is 168 Å². The number of aromatic nitrogens is 1. The lowest BCUT2D eigenvalue weighted by Crippen LogP contribution is -2.62. The molecule has 0 bridgehead atoms. The van der Waals surface area contributed by atoms with E-state index in [0.29, 0.717) is 37.3 Å². The molecule has 5 rings (SSSR count). The number of nitrogens with one attached hydrogen (secondary N) is 2. The molecule has 2 N–H and O–H groups in total.